The predicted octanol–water partition coefficient (Wildman–Crippen LogP) is 4.00. The zero-order chi connectivity index (χ0) is 15.7. The van der Waals surface area contributed by atoms with Crippen molar-refractivity contribution < 1.29 is 10.2 Å². The summed E-state index contributed by atoms with van der Waals surface area (Å²) in [5.74, 6) is 3.54. The van der Waals surface area contributed by atoms with Gasteiger partial charge in [-0.15, -0.1) is 0 Å². The Morgan fingerprint density at radius 1 is 0.773 bits per heavy atom. The Morgan fingerprint density at radius 2 is 1.45 bits per heavy atom. The molecule has 0 spiro atoms. The molecule has 4 saturated carbocycles. The molecule has 0 amide bonds. The molecule has 2 N–H and O–H groups in total. The summed E-state index contributed by atoms with van der Waals surface area (Å²) >= 11 is 0. The largest absolute Gasteiger partial charge is 0.393 e. The van der Waals surface area contributed by atoms with Crippen LogP contribution in [0.25, 0.3) is 0 Å². The van der Waals surface area contributed by atoms with E-state index >= 15 is 0 Å². The van der Waals surface area contributed by atoms with E-state index < -0.39 is 0 Å². The molecule has 0 saturated heterocycles. The van der Waals surface area contributed by atoms with Crippen LogP contribution in [0.1, 0.15) is 72.1 Å². The van der Waals surface area contributed by atoms with Crippen LogP contribution < -0.4 is 0 Å². The first-order valence-electron chi connectivity index (χ1n) is 9.72. The highest BCUT2D eigenvalue weighted by molar-refractivity contribution is 5.10. The number of fused-ring (bicyclic) bond motifs is 5. The minimum Gasteiger partial charge on any atom is -0.393 e. The van der Waals surface area contributed by atoms with Gasteiger partial charge in [0.2, 0.25) is 0 Å². The molecule has 4 aliphatic carbocycles. The molecule has 0 aromatic carbocycles. The lowest BCUT2D eigenvalue weighted by Crippen LogP contribution is -2.58. The first-order chi connectivity index (χ1) is 10.4. The van der Waals surface area contributed by atoms with E-state index in [0.717, 1.165) is 49.4 Å². The fourth-order valence-electron chi connectivity index (χ4n) is 7.54. The van der Waals surface area contributed by atoms with E-state index in [1.807, 2.05) is 0 Å². The van der Waals surface area contributed by atoms with Gasteiger partial charge in [0.15, 0.2) is 0 Å². The molecule has 0 bridgehead atoms. The second-order valence-corrected chi connectivity index (χ2v) is 9.74. The molecule has 0 aromatic heterocycles. The maximum atomic E-state index is 10.9. The fourth-order valence-corrected chi connectivity index (χ4v) is 7.54. The molecule has 4 aliphatic rings. The normalized spacial score (nSPS) is 61.2. The summed E-state index contributed by atoms with van der Waals surface area (Å²) in [7, 11) is 0. The van der Waals surface area contributed by atoms with Gasteiger partial charge < -0.3 is 10.2 Å². The third-order valence-corrected chi connectivity index (χ3v) is 9.13. The Labute approximate surface area is 135 Å². The van der Waals surface area contributed by atoms with E-state index in [0.29, 0.717) is 11.3 Å². The predicted molar refractivity (Wildman–Crippen MR) is 88.3 cm³/mol. The first kappa shape index (κ1) is 15.4. The van der Waals surface area contributed by atoms with Crippen LogP contribution >= 0.6 is 0 Å². The molecule has 22 heavy (non-hydrogen) atoms. The van der Waals surface area contributed by atoms with E-state index in [4.69, 9.17) is 0 Å². The van der Waals surface area contributed by atoms with Crippen molar-refractivity contribution in [2.45, 2.75) is 84.3 Å². The minimum atomic E-state index is -0.181. The van der Waals surface area contributed by atoms with E-state index in [1.165, 1.54) is 25.7 Å². The molecule has 0 radical (unpaired) electrons. The third-order valence-electron chi connectivity index (χ3n) is 9.13. The summed E-state index contributed by atoms with van der Waals surface area (Å²) in [4.78, 5) is 0. The number of aliphatic hydroxyl groups is 2. The van der Waals surface area contributed by atoms with Crippen molar-refractivity contribution in [3.8, 4) is 0 Å². The topological polar surface area (TPSA) is 40.5 Å². The van der Waals surface area contributed by atoms with Crippen molar-refractivity contribution in [1.29, 1.82) is 0 Å². The van der Waals surface area contributed by atoms with Gasteiger partial charge in [-0.25, -0.2) is 0 Å². The van der Waals surface area contributed by atoms with Gasteiger partial charge >= 0.3 is 0 Å². The van der Waals surface area contributed by atoms with Crippen LogP contribution in [0.3, 0.4) is 0 Å². The van der Waals surface area contributed by atoms with Crippen LogP contribution in [0.2, 0.25) is 0 Å². The molecule has 2 nitrogen and oxygen atoms in total. The van der Waals surface area contributed by atoms with Gasteiger partial charge in [0.05, 0.1) is 12.2 Å². The molecular formula is C20H34O2. The molecule has 0 heterocycles. The molecule has 2 heteroatoms. The smallest absolute Gasteiger partial charge is 0.0577 e. The minimum absolute atomic E-state index is 0.176. The Balaban J connectivity index is 1.66. The van der Waals surface area contributed by atoms with Crippen LogP contribution in [0.5, 0.6) is 0 Å². The number of aliphatic hydroxyl groups excluding tert-OH is 2. The second-order valence-electron chi connectivity index (χ2n) is 9.74. The zero-order valence-corrected chi connectivity index (χ0v) is 14.6. The molecular weight excluding hydrogens is 272 g/mol. The summed E-state index contributed by atoms with van der Waals surface area (Å²) in [5, 5.41) is 21.0. The Morgan fingerprint density at radius 3 is 2.23 bits per heavy atom. The number of hydrogen-bond donors (Lipinski definition) is 2. The lowest BCUT2D eigenvalue weighted by molar-refractivity contribution is -0.170. The molecule has 9 atom stereocenters. The lowest BCUT2D eigenvalue weighted by Gasteiger charge is -2.62. The highest BCUT2D eigenvalue weighted by Crippen LogP contribution is 2.67. The summed E-state index contributed by atoms with van der Waals surface area (Å²) < 4.78 is 0. The van der Waals surface area contributed by atoms with Crippen LogP contribution in [0, 0.1) is 40.4 Å². The zero-order valence-electron chi connectivity index (χ0n) is 14.6. The fraction of sp³-hybridized carbons (Fsp3) is 1.00. The monoisotopic (exact) mass is 306 g/mol. The maximum absolute atomic E-state index is 10.9. The van der Waals surface area contributed by atoms with Gasteiger partial charge in [-0.1, -0.05) is 20.8 Å². The van der Waals surface area contributed by atoms with Crippen LogP contribution in [-0.2, 0) is 0 Å². The van der Waals surface area contributed by atoms with Crippen molar-refractivity contribution in [3.63, 3.8) is 0 Å². The molecule has 4 rings (SSSR count). The van der Waals surface area contributed by atoms with Crippen molar-refractivity contribution in [1.82, 2.24) is 0 Å². The Hall–Kier alpha value is -0.0800. The summed E-state index contributed by atoms with van der Waals surface area (Å²) in [6.07, 6.45) is 9.07. The SMILES string of the molecule is C[C@H]1CCC2C3C[C@@H](O)[C@@H]4C[C@@H](O)CC[C@]4(C)C3CC[C@@]21C. The van der Waals surface area contributed by atoms with E-state index in [9.17, 15) is 10.2 Å². The quantitative estimate of drug-likeness (QED) is 0.710. The molecule has 3 unspecified atom stereocenters. The summed E-state index contributed by atoms with van der Waals surface area (Å²) in [6.45, 7) is 7.45. The Kier molecular flexibility index (Phi) is 3.48. The maximum Gasteiger partial charge on any atom is 0.0577 e. The van der Waals surface area contributed by atoms with Crippen LogP contribution in [-0.4, -0.2) is 22.4 Å². The van der Waals surface area contributed by atoms with Crippen molar-refractivity contribution in [2.75, 3.05) is 0 Å². The van der Waals surface area contributed by atoms with Gasteiger partial charge in [0, 0.05) is 0 Å². The Bertz CT molecular complexity index is 449. The molecule has 0 aromatic rings. The standard InChI is InChI=1S/C20H34O2/c1-12-4-5-15-14-11-18(22)17-10-13(21)6-8-20(17,3)16(14)7-9-19(12,15)2/h12-18,21-22H,4-11H2,1-3H3/t12-,13-,14?,15?,16?,17-,18+,19+,20+/m0/s1. The summed E-state index contributed by atoms with van der Waals surface area (Å²) in [5.41, 5.74) is 0.799. The highest BCUT2D eigenvalue weighted by Gasteiger charge is 2.61. The third kappa shape index (κ3) is 1.92. The van der Waals surface area contributed by atoms with Gasteiger partial charge in [-0.05, 0) is 91.8 Å². The van der Waals surface area contributed by atoms with E-state index in [2.05, 4.69) is 20.8 Å². The van der Waals surface area contributed by atoms with Gasteiger partial charge in [-0.3, -0.25) is 0 Å². The van der Waals surface area contributed by atoms with Crippen LogP contribution in [0.15, 0.2) is 0 Å². The first-order valence-corrected chi connectivity index (χ1v) is 9.72. The van der Waals surface area contributed by atoms with Crippen molar-refractivity contribution in [3.05, 3.63) is 0 Å². The molecule has 126 valence electrons. The van der Waals surface area contributed by atoms with Crippen molar-refractivity contribution in [2.24, 2.45) is 40.4 Å². The average molecular weight is 306 g/mol. The van der Waals surface area contributed by atoms with E-state index in [1.54, 1.807) is 0 Å². The summed E-state index contributed by atoms with van der Waals surface area (Å²) in [6, 6.07) is 0. The van der Waals surface area contributed by atoms with Gasteiger partial charge in [0.25, 0.3) is 0 Å². The average Bonchev–Trinajstić information content (AvgIpc) is 2.77. The van der Waals surface area contributed by atoms with Crippen molar-refractivity contribution >= 4 is 0 Å². The molecule has 4 fully saturated rings. The van der Waals surface area contributed by atoms with Gasteiger partial charge in [0.1, 0.15) is 0 Å². The number of rotatable bonds is 0. The highest BCUT2D eigenvalue weighted by atomic mass is 16.3. The second kappa shape index (κ2) is 4.96. The van der Waals surface area contributed by atoms with Crippen LogP contribution in [0.4, 0.5) is 0 Å². The van der Waals surface area contributed by atoms with Gasteiger partial charge in [-0.2, -0.15) is 0 Å². The molecule has 0 aliphatic heterocycles. The number of hydrogen-bond acceptors (Lipinski definition) is 2. The lowest BCUT2D eigenvalue weighted by atomic mass is 9.44. The van der Waals surface area contributed by atoms with E-state index in [-0.39, 0.29) is 17.6 Å².